The van der Waals surface area contributed by atoms with E-state index in [4.69, 9.17) is 4.74 Å². The zero-order valence-corrected chi connectivity index (χ0v) is 15.5. The van der Waals surface area contributed by atoms with Gasteiger partial charge in [0.2, 0.25) is 0 Å². The third-order valence-electron chi connectivity index (χ3n) is 4.87. The van der Waals surface area contributed by atoms with Crippen LogP contribution < -0.4 is 4.72 Å². The molecular weight excluding hydrogens is 316 g/mol. The molecule has 0 unspecified atom stereocenters. The lowest BCUT2D eigenvalue weighted by molar-refractivity contribution is -0.161. The van der Waals surface area contributed by atoms with Crippen LogP contribution in [0, 0.1) is 11.3 Å². The van der Waals surface area contributed by atoms with Gasteiger partial charge in [-0.15, -0.1) is 0 Å². The smallest absolute Gasteiger partial charge is 0.309 e. The summed E-state index contributed by atoms with van der Waals surface area (Å²) in [5.74, 6) is -0.420. The van der Waals surface area contributed by atoms with Crippen molar-refractivity contribution in [1.82, 2.24) is 9.03 Å². The van der Waals surface area contributed by atoms with Crippen LogP contribution in [0.25, 0.3) is 0 Å². The van der Waals surface area contributed by atoms with Crippen LogP contribution in [0.15, 0.2) is 0 Å². The lowest BCUT2D eigenvalue weighted by atomic mass is 9.98. The van der Waals surface area contributed by atoms with Gasteiger partial charge in [-0.3, -0.25) is 4.79 Å². The second-order valence-corrected chi connectivity index (χ2v) is 9.64. The van der Waals surface area contributed by atoms with Crippen molar-refractivity contribution in [2.75, 3.05) is 19.6 Å². The molecule has 134 valence electrons. The van der Waals surface area contributed by atoms with Crippen molar-refractivity contribution in [3.63, 3.8) is 0 Å². The first kappa shape index (κ1) is 18.7. The molecular formula is C16H30N2O4S. The van der Waals surface area contributed by atoms with E-state index in [1.54, 1.807) is 0 Å². The molecule has 1 saturated carbocycles. The molecule has 23 heavy (non-hydrogen) atoms. The largest absolute Gasteiger partial charge is 0.460 e. The lowest BCUT2D eigenvalue weighted by Crippen LogP contribution is -2.47. The number of hydrogen-bond donors (Lipinski definition) is 1. The van der Waals surface area contributed by atoms with E-state index in [0.717, 1.165) is 19.3 Å². The molecule has 0 bridgehead atoms. The van der Waals surface area contributed by atoms with E-state index in [-0.39, 0.29) is 17.3 Å². The number of carbonyl (C=O) groups excluding carboxylic acids is 1. The summed E-state index contributed by atoms with van der Waals surface area (Å²) in [6.07, 6.45) is 4.26. The van der Waals surface area contributed by atoms with Gasteiger partial charge in [-0.05, 0) is 58.3 Å². The van der Waals surface area contributed by atoms with Crippen molar-refractivity contribution in [3.05, 3.63) is 0 Å². The molecule has 1 aliphatic carbocycles. The predicted octanol–water partition coefficient (Wildman–Crippen LogP) is 2.06. The number of nitrogens with zero attached hydrogens (tertiary/aromatic N) is 1. The van der Waals surface area contributed by atoms with E-state index in [2.05, 4.69) is 11.6 Å². The Labute approximate surface area is 140 Å². The van der Waals surface area contributed by atoms with Crippen LogP contribution in [-0.2, 0) is 19.7 Å². The minimum Gasteiger partial charge on any atom is -0.460 e. The van der Waals surface area contributed by atoms with Gasteiger partial charge in [0.15, 0.2) is 0 Å². The Kier molecular flexibility index (Phi) is 5.43. The molecule has 2 rings (SSSR count). The minimum atomic E-state index is -3.44. The van der Waals surface area contributed by atoms with Crippen molar-refractivity contribution in [2.24, 2.45) is 11.3 Å². The monoisotopic (exact) mass is 346 g/mol. The molecule has 0 radical (unpaired) electrons. The third kappa shape index (κ3) is 5.16. The Balaban J connectivity index is 1.82. The summed E-state index contributed by atoms with van der Waals surface area (Å²) >= 11 is 0. The highest BCUT2D eigenvalue weighted by Crippen LogP contribution is 2.48. The van der Waals surface area contributed by atoms with E-state index in [9.17, 15) is 13.2 Å². The van der Waals surface area contributed by atoms with E-state index in [0.29, 0.717) is 32.5 Å². The first-order chi connectivity index (χ1) is 10.6. The molecule has 6 nitrogen and oxygen atoms in total. The van der Waals surface area contributed by atoms with Gasteiger partial charge in [-0.2, -0.15) is 12.7 Å². The van der Waals surface area contributed by atoms with E-state index < -0.39 is 15.8 Å². The molecule has 1 aliphatic heterocycles. The molecule has 7 heteroatoms. The second kappa shape index (κ2) is 6.69. The number of nitrogens with one attached hydrogen (secondary N) is 1. The first-order valence-corrected chi connectivity index (χ1v) is 9.98. The quantitative estimate of drug-likeness (QED) is 0.747. The second-order valence-electron chi connectivity index (χ2n) is 7.89. The fourth-order valence-corrected chi connectivity index (χ4v) is 4.25. The molecule has 0 aromatic rings. The normalized spacial score (nSPS) is 22.8. The topological polar surface area (TPSA) is 75.7 Å². The van der Waals surface area contributed by atoms with Crippen LogP contribution in [0.4, 0.5) is 0 Å². The number of piperidine rings is 1. The highest BCUT2D eigenvalue weighted by molar-refractivity contribution is 7.87. The Morgan fingerprint density at radius 3 is 2.26 bits per heavy atom. The maximum atomic E-state index is 12.4. The molecule has 1 heterocycles. The molecule has 1 N–H and O–H groups in total. The fraction of sp³-hybridized carbons (Fsp3) is 0.938. The van der Waals surface area contributed by atoms with Crippen molar-refractivity contribution in [2.45, 2.75) is 65.4 Å². The van der Waals surface area contributed by atoms with Gasteiger partial charge in [-0.1, -0.05) is 6.92 Å². The molecule has 0 amide bonds. The summed E-state index contributed by atoms with van der Waals surface area (Å²) in [4.78, 5) is 12.1. The molecule has 1 saturated heterocycles. The van der Waals surface area contributed by atoms with Gasteiger partial charge >= 0.3 is 5.97 Å². The van der Waals surface area contributed by atoms with Crippen LogP contribution in [0.2, 0.25) is 0 Å². The summed E-state index contributed by atoms with van der Waals surface area (Å²) < 4.78 is 34.4. The first-order valence-electron chi connectivity index (χ1n) is 8.54. The highest BCUT2D eigenvalue weighted by Gasteiger charge is 2.42. The standard InChI is InChI=1S/C16H30N2O4S/c1-5-16(8-9-16)12-17-23(20,21)18-10-6-13(7-11-18)14(19)22-15(2,3)4/h13,17H,5-12H2,1-4H3. The molecule has 0 aromatic heterocycles. The van der Waals surface area contributed by atoms with Crippen molar-refractivity contribution in [1.29, 1.82) is 0 Å². The van der Waals surface area contributed by atoms with Crippen LogP contribution in [0.1, 0.15) is 59.8 Å². The minimum absolute atomic E-state index is 0.182. The van der Waals surface area contributed by atoms with Gasteiger partial charge in [0.1, 0.15) is 5.60 Å². The number of ether oxygens (including phenoxy) is 1. The summed E-state index contributed by atoms with van der Waals surface area (Å²) in [6, 6.07) is 0. The van der Waals surface area contributed by atoms with Crippen molar-refractivity contribution in [3.8, 4) is 0 Å². The SMILES string of the molecule is CCC1(CNS(=O)(=O)N2CCC(C(=O)OC(C)(C)C)CC2)CC1. The maximum Gasteiger partial charge on any atom is 0.309 e. The Hall–Kier alpha value is -0.660. The third-order valence-corrected chi connectivity index (χ3v) is 6.42. The number of rotatable bonds is 6. The van der Waals surface area contributed by atoms with Crippen LogP contribution in [0.3, 0.4) is 0 Å². The number of carbonyl (C=O) groups is 1. The van der Waals surface area contributed by atoms with Crippen LogP contribution in [-0.4, -0.2) is 43.9 Å². The Morgan fingerprint density at radius 2 is 1.83 bits per heavy atom. The fourth-order valence-electron chi connectivity index (χ4n) is 2.88. The molecule has 0 aromatic carbocycles. The maximum absolute atomic E-state index is 12.4. The average molecular weight is 346 g/mol. The molecule has 2 aliphatic rings. The Bertz CT molecular complexity index is 527. The van der Waals surface area contributed by atoms with Crippen molar-refractivity contribution >= 4 is 16.2 Å². The summed E-state index contributed by atoms with van der Waals surface area (Å²) in [7, 11) is -3.44. The molecule has 0 spiro atoms. The van der Waals surface area contributed by atoms with Gasteiger partial charge in [0, 0.05) is 19.6 Å². The number of hydrogen-bond acceptors (Lipinski definition) is 4. The van der Waals surface area contributed by atoms with E-state index >= 15 is 0 Å². The zero-order chi connectivity index (χ0) is 17.3. The predicted molar refractivity (Wildman–Crippen MR) is 89.0 cm³/mol. The average Bonchev–Trinajstić information content (AvgIpc) is 3.24. The van der Waals surface area contributed by atoms with Crippen LogP contribution >= 0.6 is 0 Å². The lowest BCUT2D eigenvalue weighted by Gasteiger charge is -2.32. The van der Waals surface area contributed by atoms with Crippen LogP contribution in [0.5, 0.6) is 0 Å². The van der Waals surface area contributed by atoms with Gasteiger partial charge in [0.05, 0.1) is 5.92 Å². The summed E-state index contributed by atoms with van der Waals surface area (Å²) in [5.41, 5.74) is -0.317. The Morgan fingerprint density at radius 1 is 1.26 bits per heavy atom. The number of esters is 1. The van der Waals surface area contributed by atoms with Gasteiger partial charge in [-0.25, -0.2) is 4.72 Å². The molecule has 0 atom stereocenters. The molecule has 2 fully saturated rings. The van der Waals surface area contributed by atoms with Gasteiger partial charge < -0.3 is 4.74 Å². The van der Waals surface area contributed by atoms with E-state index in [1.807, 2.05) is 20.8 Å². The van der Waals surface area contributed by atoms with Crippen molar-refractivity contribution < 1.29 is 17.9 Å². The highest BCUT2D eigenvalue weighted by atomic mass is 32.2. The summed E-state index contributed by atoms with van der Waals surface area (Å²) in [5, 5.41) is 0. The van der Waals surface area contributed by atoms with E-state index in [1.165, 1.54) is 4.31 Å². The summed E-state index contributed by atoms with van der Waals surface area (Å²) in [6.45, 7) is 8.91. The zero-order valence-electron chi connectivity index (χ0n) is 14.7. The van der Waals surface area contributed by atoms with Gasteiger partial charge in [0.25, 0.3) is 10.2 Å².